The van der Waals surface area contributed by atoms with Crippen molar-refractivity contribution in [3.63, 3.8) is 0 Å². The molecule has 0 saturated carbocycles. The number of thioether (sulfide) groups is 1. The maximum Gasteiger partial charge on any atom is 0.196 e. The number of nitrogens with zero attached hydrogens (tertiary/aromatic N) is 3. The number of aromatic nitrogens is 3. The molecule has 0 saturated heterocycles. The van der Waals surface area contributed by atoms with Gasteiger partial charge in [-0.3, -0.25) is 4.57 Å². The first kappa shape index (κ1) is 19.5. The first-order valence-corrected chi connectivity index (χ1v) is 10.7. The molecule has 0 N–H and O–H groups in total. The van der Waals surface area contributed by atoms with Gasteiger partial charge in [-0.15, -0.1) is 10.2 Å². The third-order valence-electron chi connectivity index (χ3n) is 4.45. The molecule has 29 heavy (non-hydrogen) atoms. The summed E-state index contributed by atoms with van der Waals surface area (Å²) in [6, 6.07) is 26.4. The van der Waals surface area contributed by atoms with Crippen molar-refractivity contribution in [1.82, 2.24) is 14.8 Å². The number of rotatable bonds is 6. The van der Waals surface area contributed by atoms with Gasteiger partial charge in [-0.05, 0) is 48.9 Å². The summed E-state index contributed by atoms with van der Waals surface area (Å²) in [5, 5.41) is 10.5. The Morgan fingerprint density at radius 2 is 1.62 bits per heavy atom. The lowest BCUT2D eigenvalue weighted by Gasteiger charge is -2.10. The second kappa shape index (κ2) is 9.12. The van der Waals surface area contributed by atoms with Crippen molar-refractivity contribution in [2.75, 3.05) is 5.75 Å². The van der Waals surface area contributed by atoms with E-state index in [1.807, 2.05) is 42.5 Å². The van der Waals surface area contributed by atoms with Crippen molar-refractivity contribution >= 4 is 29.4 Å². The predicted octanol–water partition coefficient (Wildman–Crippen LogP) is 6.70. The monoisotopic (exact) mass is 417 g/mol. The maximum atomic E-state index is 6.06. The SMILES string of the molecule is Cc1ccc(-n2c(SC/C=C/c3ccccc3)nnc2-c2ccc(Cl)cc2)cc1. The van der Waals surface area contributed by atoms with Crippen molar-refractivity contribution in [2.24, 2.45) is 0 Å². The van der Waals surface area contributed by atoms with Crippen LogP contribution in [-0.4, -0.2) is 20.5 Å². The molecule has 0 fully saturated rings. The van der Waals surface area contributed by atoms with Gasteiger partial charge in [0.05, 0.1) is 0 Å². The minimum atomic E-state index is 0.704. The average molecular weight is 418 g/mol. The van der Waals surface area contributed by atoms with Crippen LogP contribution < -0.4 is 0 Å². The summed E-state index contributed by atoms with van der Waals surface area (Å²) < 4.78 is 2.10. The van der Waals surface area contributed by atoms with Crippen LogP contribution >= 0.6 is 23.4 Å². The summed E-state index contributed by atoms with van der Waals surface area (Å²) in [5.74, 6) is 1.61. The summed E-state index contributed by atoms with van der Waals surface area (Å²) >= 11 is 7.72. The van der Waals surface area contributed by atoms with Crippen LogP contribution in [0.25, 0.3) is 23.2 Å². The molecule has 0 aliphatic heterocycles. The molecular weight excluding hydrogens is 398 g/mol. The van der Waals surface area contributed by atoms with Crippen molar-refractivity contribution in [3.05, 3.63) is 101 Å². The topological polar surface area (TPSA) is 30.7 Å². The minimum Gasteiger partial charge on any atom is -0.270 e. The molecule has 1 heterocycles. The molecule has 3 nitrogen and oxygen atoms in total. The number of hydrogen-bond donors (Lipinski definition) is 0. The van der Waals surface area contributed by atoms with Gasteiger partial charge in [-0.1, -0.05) is 83.5 Å². The fourth-order valence-electron chi connectivity index (χ4n) is 2.95. The van der Waals surface area contributed by atoms with Crippen LogP contribution in [0.3, 0.4) is 0 Å². The highest BCUT2D eigenvalue weighted by Crippen LogP contribution is 2.29. The van der Waals surface area contributed by atoms with E-state index in [4.69, 9.17) is 11.6 Å². The van der Waals surface area contributed by atoms with E-state index in [0.717, 1.165) is 28.0 Å². The van der Waals surface area contributed by atoms with Crippen molar-refractivity contribution in [2.45, 2.75) is 12.1 Å². The molecule has 0 spiro atoms. The summed E-state index contributed by atoms with van der Waals surface area (Å²) in [6.07, 6.45) is 4.27. The van der Waals surface area contributed by atoms with Crippen molar-refractivity contribution in [3.8, 4) is 17.1 Å². The van der Waals surface area contributed by atoms with Crippen LogP contribution in [0, 0.1) is 6.92 Å². The van der Waals surface area contributed by atoms with Crippen LogP contribution in [0.15, 0.2) is 90.1 Å². The lowest BCUT2D eigenvalue weighted by atomic mass is 10.2. The van der Waals surface area contributed by atoms with Gasteiger partial charge in [-0.25, -0.2) is 0 Å². The first-order chi connectivity index (χ1) is 14.2. The van der Waals surface area contributed by atoms with Gasteiger partial charge in [-0.2, -0.15) is 0 Å². The normalized spacial score (nSPS) is 11.2. The van der Waals surface area contributed by atoms with Crippen LogP contribution in [-0.2, 0) is 0 Å². The molecule has 5 heteroatoms. The van der Waals surface area contributed by atoms with Gasteiger partial charge in [0.1, 0.15) is 0 Å². The quantitative estimate of drug-likeness (QED) is 0.327. The fraction of sp³-hybridized carbons (Fsp3) is 0.0833. The molecule has 4 rings (SSSR count). The van der Waals surface area contributed by atoms with E-state index in [1.165, 1.54) is 11.1 Å². The molecule has 0 aliphatic rings. The Kier molecular flexibility index (Phi) is 6.13. The Balaban J connectivity index is 1.63. The molecule has 0 bridgehead atoms. The van der Waals surface area contributed by atoms with E-state index in [1.54, 1.807) is 11.8 Å². The zero-order chi connectivity index (χ0) is 20.1. The third-order valence-corrected chi connectivity index (χ3v) is 5.58. The highest BCUT2D eigenvalue weighted by molar-refractivity contribution is 7.99. The van der Waals surface area contributed by atoms with Crippen molar-refractivity contribution in [1.29, 1.82) is 0 Å². The molecule has 0 unspecified atom stereocenters. The number of hydrogen-bond acceptors (Lipinski definition) is 3. The Labute approximate surface area is 180 Å². The Morgan fingerprint density at radius 3 is 2.34 bits per heavy atom. The molecule has 3 aromatic carbocycles. The second-order valence-corrected chi connectivity index (χ2v) is 8.03. The van der Waals surface area contributed by atoms with Gasteiger partial charge in [0.25, 0.3) is 0 Å². The van der Waals surface area contributed by atoms with E-state index < -0.39 is 0 Å². The molecule has 0 atom stereocenters. The van der Waals surface area contributed by atoms with Crippen LogP contribution in [0.2, 0.25) is 5.02 Å². The third kappa shape index (κ3) is 4.78. The minimum absolute atomic E-state index is 0.704. The van der Waals surface area contributed by atoms with Gasteiger partial charge >= 0.3 is 0 Å². The highest BCUT2D eigenvalue weighted by atomic mass is 35.5. The lowest BCUT2D eigenvalue weighted by Crippen LogP contribution is -1.99. The van der Waals surface area contributed by atoms with E-state index in [9.17, 15) is 0 Å². The smallest absolute Gasteiger partial charge is 0.196 e. The predicted molar refractivity (Wildman–Crippen MR) is 123 cm³/mol. The Morgan fingerprint density at radius 1 is 0.897 bits per heavy atom. The van der Waals surface area contributed by atoms with E-state index in [-0.39, 0.29) is 0 Å². The standard InChI is InChI=1S/C24H20ClN3S/c1-18-9-15-22(16-10-18)28-23(20-11-13-21(25)14-12-20)26-27-24(28)29-17-5-8-19-6-3-2-4-7-19/h2-16H,17H2,1H3/b8-5+. The summed E-state index contributed by atoms with van der Waals surface area (Å²) in [4.78, 5) is 0. The molecule has 4 aromatic rings. The molecule has 1 aromatic heterocycles. The second-order valence-electron chi connectivity index (χ2n) is 6.61. The summed E-state index contributed by atoms with van der Waals surface area (Å²) in [6.45, 7) is 2.08. The number of aryl methyl sites for hydroxylation is 1. The Hall–Kier alpha value is -2.82. The average Bonchev–Trinajstić information content (AvgIpc) is 3.17. The van der Waals surface area contributed by atoms with E-state index in [0.29, 0.717) is 5.02 Å². The number of benzene rings is 3. The van der Waals surface area contributed by atoms with Gasteiger partial charge < -0.3 is 0 Å². The molecular formula is C24H20ClN3S. The molecule has 0 amide bonds. The molecule has 0 aliphatic carbocycles. The van der Waals surface area contributed by atoms with Gasteiger partial charge in [0.2, 0.25) is 0 Å². The number of halogens is 1. The van der Waals surface area contributed by atoms with Crippen LogP contribution in [0.1, 0.15) is 11.1 Å². The largest absolute Gasteiger partial charge is 0.270 e. The lowest BCUT2D eigenvalue weighted by molar-refractivity contribution is 0.887. The van der Waals surface area contributed by atoms with E-state index in [2.05, 4.69) is 70.2 Å². The zero-order valence-corrected chi connectivity index (χ0v) is 17.6. The summed E-state index contributed by atoms with van der Waals surface area (Å²) in [7, 11) is 0. The van der Waals surface area contributed by atoms with Crippen LogP contribution in [0.4, 0.5) is 0 Å². The molecule has 144 valence electrons. The first-order valence-electron chi connectivity index (χ1n) is 9.33. The fourth-order valence-corrected chi connectivity index (χ4v) is 3.83. The maximum absolute atomic E-state index is 6.06. The zero-order valence-electron chi connectivity index (χ0n) is 16.0. The highest BCUT2D eigenvalue weighted by Gasteiger charge is 2.15. The van der Waals surface area contributed by atoms with E-state index >= 15 is 0 Å². The van der Waals surface area contributed by atoms with Crippen LogP contribution in [0.5, 0.6) is 0 Å². The molecule has 0 radical (unpaired) electrons. The van der Waals surface area contributed by atoms with Crippen molar-refractivity contribution < 1.29 is 0 Å². The summed E-state index contributed by atoms with van der Waals surface area (Å²) in [5.41, 5.74) is 4.43. The Bertz CT molecular complexity index is 1100. The van der Waals surface area contributed by atoms with Gasteiger partial charge in [0.15, 0.2) is 11.0 Å². The van der Waals surface area contributed by atoms with Gasteiger partial charge in [0, 0.05) is 22.0 Å².